The zero-order chi connectivity index (χ0) is 17.6. The zero-order valence-corrected chi connectivity index (χ0v) is 15.3. The van der Waals surface area contributed by atoms with Crippen LogP contribution >= 0.6 is 0 Å². The number of hydrogen-bond acceptors (Lipinski definition) is 3. The summed E-state index contributed by atoms with van der Waals surface area (Å²) >= 11 is 0. The Labute approximate surface area is 151 Å². The molecule has 0 saturated carbocycles. The SMILES string of the molecule is CCC1CCCCN1C(=O)CN1CCC(C(=O)c2ccccc2)CC1. The first-order valence-electron chi connectivity index (χ1n) is 9.80. The van der Waals surface area contributed by atoms with Crippen LogP contribution in [0.1, 0.15) is 55.8 Å². The Morgan fingerprint density at radius 2 is 1.72 bits per heavy atom. The fraction of sp³-hybridized carbons (Fsp3) is 0.619. The Hall–Kier alpha value is -1.68. The van der Waals surface area contributed by atoms with Crippen molar-refractivity contribution in [2.75, 3.05) is 26.2 Å². The van der Waals surface area contributed by atoms with Gasteiger partial charge in [-0.3, -0.25) is 14.5 Å². The lowest BCUT2D eigenvalue weighted by Crippen LogP contribution is -2.49. The van der Waals surface area contributed by atoms with Crippen molar-refractivity contribution in [2.24, 2.45) is 5.92 Å². The van der Waals surface area contributed by atoms with Crippen LogP contribution in [0.15, 0.2) is 30.3 Å². The third-order valence-corrected chi connectivity index (χ3v) is 5.79. The molecule has 1 aromatic rings. The first-order chi connectivity index (χ1) is 12.2. The highest BCUT2D eigenvalue weighted by atomic mass is 16.2. The predicted molar refractivity (Wildman–Crippen MR) is 99.6 cm³/mol. The molecule has 1 atom stereocenters. The fourth-order valence-electron chi connectivity index (χ4n) is 4.23. The number of carbonyl (C=O) groups excluding carboxylic acids is 2. The summed E-state index contributed by atoms with van der Waals surface area (Å²) in [5, 5.41) is 0. The minimum atomic E-state index is 0.104. The number of ketones is 1. The highest BCUT2D eigenvalue weighted by Crippen LogP contribution is 2.23. The molecule has 0 radical (unpaired) electrons. The van der Waals surface area contributed by atoms with Crippen molar-refractivity contribution < 1.29 is 9.59 Å². The third kappa shape index (κ3) is 4.49. The first-order valence-corrected chi connectivity index (χ1v) is 9.80. The second kappa shape index (κ2) is 8.61. The van der Waals surface area contributed by atoms with Crippen LogP contribution in [-0.2, 0) is 4.79 Å². The summed E-state index contributed by atoms with van der Waals surface area (Å²) in [5.41, 5.74) is 0.816. The fourth-order valence-corrected chi connectivity index (χ4v) is 4.23. The molecule has 1 unspecified atom stereocenters. The van der Waals surface area contributed by atoms with Crippen molar-refractivity contribution in [1.29, 1.82) is 0 Å². The normalized spacial score (nSPS) is 22.8. The number of likely N-dealkylation sites (tertiary alicyclic amines) is 2. The van der Waals surface area contributed by atoms with Gasteiger partial charge in [0, 0.05) is 24.1 Å². The molecule has 0 aromatic heterocycles. The van der Waals surface area contributed by atoms with E-state index in [4.69, 9.17) is 0 Å². The van der Waals surface area contributed by atoms with Crippen molar-refractivity contribution >= 4 is 11.7 Å². The van der Waals surface area contributed by atoms with Gasteiger partial charge in [-0.15, -0.1) is 0 Å². The second-order valence-corrected chi connectivity index (χ2v) is 7.43. The Morgan fingerprint density at radius 1 is 1.00 bits per heavy atom. The van der Waals surface area contributed by atoms with E-state index >= 15 is 0 Å². The van der Waals surface area contributed by atoms with Gasteiger partial charge in [-0.2, -0.15) is 0 Å². The van der Waals surface area contributed by atoms with Gasteiger partial charge in [-0.05, 0) is 51.6 Å². The molecule has 1 amide bonds. The van der Waals surface area contributed by atoms with Crippen molar-refractivity contribution in [3.05, 3.63) is 35.9 Å². The van der Waals surface area contributed by atoms with E-state index < -0.39 is 0 Å². The van der Waals surface area contributed by atoms with Gasteiger partial charge in [-0.25, -0.2) is 0 Å². The summed E-state index contributed by atoms with van der Waals surface area (Å²) in [6, 6.07) is 10.0. The maximum Gasteiger partial charge on any atom is 0.236 e. The molecule has 2 aliphatic rings. The number of benzene rings is 1. The maximum absolute atomic E-state index is 12.7. The summed E-state index contributed by atoms with van der Waals surface area (Å²) in [6.07, 6.45) is 6.30. The van der Waals surface area contributed by atoms with Crippen molar-refractivity contribution in [3.8, 4) is 0 Å². The molecule has 1 aromatic carbocycles. The molecule has 0 N–H and O–H groups in total. The van der Waals surface area contributed by atoms with E-state index in [0.717, 1.165) is 57.3 Å². The molecule has 0 bridgehead atoms. The van der Waals surface area contributed by atoms with E-state index in [2.05, 4.69) is 16.7 Å². The van der Waals surface area contributed by atoms with Gasteiger partial charge in [0.15, 0.2) is 5.78 Å². The number of hydrogen-bond donors (Lipinski definition) is 0. The van der Waals surface area contributed by atoms with Crippen molar-refractivity contribution in [2.45, 2.75) is 51.5 Å². The van der Waals surface area contributed by atoms with Gasteiger partial charge < -0.3 is 4.90 Å². The van der Waals surface area contributed by atoms with E-state index in [0.29, 0.717) is 12.6 Å². The molecule has 25 heavy (non-hydrogen) atoms. The molecule has 0 spiro atoms. The molecule has 2 aliphatic heterocycles. The number of amides is 1. The topological polar surface area (TPSA) is 40.6 Å². The second-order valence-electron chi connectivity index (χ2n) is 7.43. The summed E-state index contributed by atoms with van der Waals surface area (Å²) in [5.74, 6) is 0.639. The zero-order valence-electron chi connectivity index (χ0n) is 15.3. The van der Waals surface area contributed by atoms with Gasteiger partial charge in [0.2, 0.25) is 5.91 Å². The van der Waals surface area contributed by atoms with Crippen molar-refractivity contribution in [3.63, 3.8) is 0 Å². The predicted octanol–water partition coefficient (Wildman–Crippen LogP) is 3.37. The minimum Gasteiger partial charge on any atom is -0.339 e. The lowest BCUT2D eigenvalue weighted by molar-refractivity contribution is -0.136. The average molecular weight is 342 g/mol. The number of rotatable bonds is 5. The van der Waals surface area contributed by atoms with Gasteiger partial charge >= 0.3 is 0 Å². The number of carbonyl (C=O) groups is 2. The quantitative estimate of drug-likeness (QED) is 0.770. The van der Waals surface area contributed by atoms with E-state index in [1.54, 1.807) is 0 Å². The van der Waals surface area contributed by atoms with E-state index in [-0.39, 0.29) is 17.6 Å². The Morgan fingerprint density at radius 3 is 2.40 bits per heavy atom. The largest absolute Gasteiger partial charge is 0.339 e. The van der Waals surface area contributed by atoms with Crippen LogP contribution in [0, 0.1) is 5.92 Å². The van der Waals surface area contributed by atoms with Gasteiger partial charge in [0.1, 0.15) is 0 Å². The average Bonchev–Trinajstić information content (AvgIpc) is 2.68. The molecule has 0 aliphatic carbocycles. The Balaban J connectivity index is 1.49. The highest BCUT2D eigenvalue weighted by Gasteiger charge is 2.30. The van der Waals surface area contributed by atoms with Crippen LogP contribution in [0.3, 0.4) is 0 Å². The Bertz CT molecular complexity index is 579. The van der Waals surface area contributed by atoms with Crippen LogP contribution in [0.2, 0.25) is 0 Å². The molecule has 2 saturated heterocycles. The molecule has 2 heterocycles. The summed E-state index contributed by atoms with van der Waals surface area (Å²) in [4.78, 5) is 29.6. The maximum atomic E-state index is 12.7. The lowest BCUT2D eigenvalue weighted by Gasteiger charge is -2.38. The molecule has 2 fully saturated rings. The number of piperidine rings is 2. The van der Waals surface area contributed by atoms with E-state index in [1.165, 1.54) is 6.42 Å². The highest BCUT2D eigenvalue weighted by molar-refractivity contribution is 5.97. The van der Waals surface area contributed by atoms with E-state index in [1.807, 2.05) is 30.3 Å². The van der Waals surface area contributed by atoms with Crippen LogP contribution < -0.4 is 0 Å². The van der Waals surface area contributed by atoms with Crippen LogP contribution in [0.25, 0.3) is 0 Å². The van der Waals surface area contributed by atoms with Crippen molar-refractivity contribution in [1.82, 2.24) is 9.80 Å². The smallest absolute Gasteiger partial charge is 0.236 e. The number of nitrogens with zero attached hydrogens (tertiary/aromatic N) is 2. The van der Waals surface area contributed by atoms with E-state index in [9.17, 15) is 9.59 Å². The summed E-state index contributed by atoms with van der Waals surface area (Å²) in [7, 11) is 0. The molecule has 4 heteroatoms. The van der Waals surface area contributed by atoms with Gasteiger partial charge in [-0.1, -0.05) is 37.3 Å². The lowest BCUT2D eigenvalue weighted by atomic mass is 9.89. The molecule has 4 nitrogen and oxygen atoms in total. The summed E-state index contributed by atoms with van der Waals surface area (Å²) in [6.45, 7) is 5.30. The van der Waals surface area contributed by atoms with Crippen LogP contribution in [0.5, 0.6) is 0 Å². The van der Waals surface area contributed by atoms with Crippen LogP contribution in [-0.4, -0.2) is 53.7 Å². The summed E-state index contributed by atoms with van der Waals surface area (Å²) < 4.78 is 0. The van der Waals surface area contributed by atoms with Gasteiger partial charge in [0.05, 0.1) is 6.54 Å². The molecule has 136 valence electrons. The first kappa shape index (κ1) is 18.1. The standard InChI is InChI=1S/C21H30N2O2/c1-2-19-10-6-7-13-23(19)20(24)16-22-14-11-18(12-15-22)21(25)17-8-4-3-5-9-17/h3-5,8-9,18-19H,2,6-7,10-16H2,1H3. The molecular formula is C21H30N2O2. The molecular weight excluding hydrogens is 312 g/mol. The molecule has 3 rings (SSSR count). The minimum absolute atomic E-state index is 0.104. The van der Waals surface area contributed by atoms with Crippen LogP contribution in [0.4, 0.5) is 0 Å². The number of Topliss-reactive ketones (excluding diaryl/α,β-unsaturated/α-hetero) is 1. The third-order valence-electron chi connectivity index (χ3n) is 5.79. The van der Waals surface area contributed by atoms with Gasteiger partial charge in [0.25, 0.3) is 0 Å². The monoisotopic (exact) mass is 342 g/mol. The Kier molecular flexibility index (Phi) is 6.24.